The summed E-state index contributed by atoms with van der Waals surface area (Å²) in [7, 11) is 0. The molecule has 2 rings (SSSR count). The van der Waals surface area contributed by atoms with E-state index in [2.05, 4.69) is 26.1 Å². The Bertz CT molecular complexity index is 594. The van der Waals surface area contributed by atoms with Gasteiger partial charge in [-0.15, -0.1) is 0 Å². The van der Waals surface area contributed by atoms with Crippen molar-refractivity contribution in [2.24, 2.45) is 0 Å². The van der Waals surface area contributed by atoms with Gasteiger partial charge in [0.1, 0.15) is 0 Å². The van der Waals surface area contributed by atoms with E-state index in [1.54, 1.807) is 20.8 Å². The number of benzene rings is 1. The van der Waals surface area contributed by atoms with Crippen molar-refractivity contribution < 1.29 is 14.6 Å². The van der Waals surface area contributed by atoms with Crippen LogP contribution in [0.1, 0.15) is 61.1 Å². The lowest BCUT2D eigenvalue weighted by atomic mass is 9.85. The topological polar surface area (TPSA) is 58.6 Å². The zero-order valence-corrected chi connectivity index (χ0v) is 17.0. The summed E-state index contributed by atoms with van der Waals surface area (Å²) in [6.45, 7) is 16.1. The van der Waals surface area contributed by atoms with Crippen molar-refractivity contribution >= 4 is 5.97 Å². The molecule has 2 N–H and O–H groups in total. The third kappa shape index (κ3) is 6.79. The van der Waals surface area contributed by atoms with Crippen LogP contribution in [-0.4, -0.2) is 36.4 Å². The van der Waals surface area contributed by atoms with Gasteiger partial charge < -0.3 is 15.2 Å². The van der Waals surface area contributed by atoms with E-state index in [0.29, 0.717) is 13.0 Å². The third-order valence-corrected chi connectivity index (χ3v) is 4.47. The van der Waals surface area contributed by atoms with Crippen molar-refractivity contribution in [2.45, 2.75) is 73.3 Å². The van der Waals surface area contributed by atoms with Gasteiger partial charge in [-0.2, -0.15) is 0 Å². The van der Waals surface area contributed by atoms with Crippen molar-refractivity contribution in [3.63, 3.8) is 0 Å². The lowest BCUT2D eigenvalue weighted by molar-refractivity contribution is -0.142. The maximum atomic E-state index is 11.8. The van der Waals surface area contributed by atoms with Gasteiger partial charge in [0.2, 0.25) is 0 Å². The molecule has 1 aliphatic rings. The largest absolute Gasteiger partial charge is 0.466 e. The van der Waals surface area contributed by atoms with Gasteiger partial charge in [-0.1, -0.05) is 0 Å². The molecule has 142 valence electrons. The van der Waals surface area contributed by atoms with Crippen LogP contribution in [0.25, 0.3) is 0 Å². The van der Waals surface area contributed by atoms with Crippen LogP contribution in [0.4, 0.5) is 0 Å². The first-order valence-corrected chi connectivity index (χ1v) is 9.25. The third-order valence-electron chi connectivity index (χ3n) is 4.47. The first kappa shape index (κ1) is 21.7. The van der Waals surface area contributed by atoms with Crippen LogP contribution in [0.3, 0.4) is 0 Å². The van der Waals surface area contributed by atoms with Gasteiger partial charge in [0.05, 0.1) is 18.6 Å². The van der Waals surface area contributed by atoms with Crippen LogP contribution >= 0.6 is 0 Å². The van der Waals surface area contributed by atoms with E-state index in [9.17, 15) is 4.79 Å². The average molecular weight is 350 g/mol. The van der Waals surface area contributed by atoms with Crippen molar-refractivity contribution in [3.05, 3.63) is 33.4 Å². The van der Waals surface area contributed by atoms with Crippen molar-refractivity contribution in [1.29, 1.82) is 0 Å². The Hall–Kier alpha value is -1.39. The van der Waals surface area contributed by atoms with Gasteiger partial charge in [-0.3, -0.25) is 4.79 Å². The van der Waals surface area contributed by atoms with Crippen LogP contribution in [0.5, 0.6) is 0 Å². The zero-order valence-electron chi connectivity index (χ0n) is 17.0. The van der Waals surface area contributed by atoms with Gasteiger partial charge in [-0.25, -0.2) is 0 Å². The smallest absolute Gasteiger partial charge is 0.310 e. The molecular weight excluding hydrogens is 314 g/mol. The van der Waals surface area contributed by atoms with Crippen LogP contribution in [0.2, 0.25) is 0 Å². The molecular formula is C21H35NO3. The Kier molecular flexibility index (Phi) is 8.10. The zero-order chi connectivity index (χ0) is 19.2. The van der Waals surface area contributed by atoms with Gasteiger partial charge >= 0.3 is 5.97 Å². The number of rotatable bonds is 3. The molecule has 0 fully saturated rings. The van der Waals surface area contributed by atoms with Gasteiger partial charge in [-0.05, 0) is 108 Å². The highest BCUT2D eigenvalue weighted by atomic mass is 16.5. The summed E-state index contributed by atoms with van der Waals surface area (Å²) in [6.07, 6.45) is 2.54. The van der Waals surface area contributed by atoms with E-state index in [-0.39, 0.29) is 5.97 Å². The SMILES string of the molecule is CC(C)(C)O.CCOC(=O)Cc1c(C)c(C)c2c(c1C)CCNCC2. The van der Waals surface area contributed by atoms with Crippen molar-refractivity contribution in [2.75, 3.05) is 19.7 Å². The van der Waals surface area contributed by atoms with Gasteiger partial charge in [0.15, 0.2) is 0 Å². The minimum atomic E-state index is -0.500. The van der Waals surface area contributed by atoms with Gasteiger partial charge in [0, 0.05) is 0 Å². The summed E-state index contributed by atoms with van der Waals surface area (Å²) < 4.78 is 5.11. The molecule has 1 heterocycles. The Morgan fingerprint density at radius 2 is 1.52 bits per heavy atom. The van der Waals surface area contributed by atoms with E-state index < -0.39 is 5.60 Å². The molecule has 0 atom stereocenters. The summed E-state index contributed by atoms with van der Waals surface area (Å²) in [5.74, 6) is -0.121. The number of hydrogen-bond acceptors (Lipinski definition) is 4. The highest BCUT2D eigenvalue weighted by Crippen LogP contribution is 2.29. The van der Waals surface area contributed by atoms with Crippen LogP contribution in [-0.2, 0) is 28.8 Å². The molecule has 0 saturated heterocycles. The highest BCUT2D eigenvalue weighted by molar-refractivity contribution is 5.74. The molecule has 0 bridgehead atoms. The fraction of sp³-hybridized carbons (Fsp3) is 0.667. The normalized spacial score (nSPS) is 14.1. The number of esters is 1. The Morgan fingerprint density at radius 1 is 1.04 bits per heavy atom. The number of hydrogen-bond donors (Lipinski definition) is 2. The number of fused-ring (bicyclic) bond motifs is 1. The molecule has 4 nitrogen and oxygen atoms in total. The lowest BCUT2D eigenvalue weighted by Crippen LogP contribution is -2.16. The molecule has 0 unspecified atom stereocenters. The molecule has 1 aromatic rings. The van der Waals surface area contributed by atoms with E-state index >= 15 is 0 Å². The summed E-state index contributed by atoms with van der Waals surface area (Å²) in [5.41, 5.74) is 7.50. The maximum absolute atomic E-state index is 11.8. The second-order valence-electron chi connectivity index (χ2n) is 7.71. The summed E-state index contributed by atoms with van der Waals surface area (Å²) in [4.78, 5) is 11.8. The molecule has 4 heteroatoms. The van der Waals surface area contributed by atoms with E-state index in [1.165, 1.54) is 33.4 Å². The fourth-order valence-corrected chi connectivity index (χ4v) is 3.22. The number of carbonyl (C=O) groups is 1. The molecule has 0 saturated carbocycles. The van der Waals surface area contributed by atoms with Crippen LogP contribution in [0.15, 0.2) is 0 Å². The monoisotopic (exact) mass is 349 g/mol. The highest BCUT2D eigenvalue weighted by Gasteiger charge is 2.20. The molecule has 0 aromatic heterocycles. The number of ether oxygens (including phenoxy) is 1. The molecule has 1 aromatic carbocycles. The Labute approximate surface area is 153 Å². The Balaban J connectivity index is 0.000000550. The summed E-state index contributed by atoms with van der Waals surface area (Å²) >= 11 is 0. The average Bonchev–Trinajstić information content (AvgIpc) is 2.74. The number of aliphatic hydroxyl groups is 1. The Morgan fingerprint density at radius 3 is 2.00 bits per heavy atom. The predicted octanol–water partition coefficient (Wildman–Crippen LogP) is 3.18. The molecule has 0 spiro atoms. The van der Waals surface area contributed by atoms with Crippen molar-refractivity contribution in [1.82, 2.24) is 5.32 Å². The van der Waals surface area contributed by atoms with E-state index in [0.717, 1.165) is 25.9 Å². The quantitative estimate of drug-likeness (QED) is 0.823. The molecule has 0 aliphatic carbocycles. The maximum Gasteiger partial charge on any atom is 0.310 e. The van der Waals surface area contributed by atoms with E-state index in [4.69, 9.17) is 9.84 Å². The van der Waals surface area contributed by atoms with Crippen LogP contribution < -0.4 is 5.32 Å². The van der Waals surface area contributed by atoms with Crippen molar-refractivity contribution in [3.8, 4) is 0 Å². The minimum absolute atomic E-state index is 0.121. The molecule has 25 heavy (non-hydrogen) atoms. The summed E-state index contributed by atoms with van der Waals surface area (Å²) in [6, 6.07) is 0. The standard InChI is InChI=1S/C17H25NO2.C4H10O/c1-5-20-17(19)10-16-12(3)11(2)14-6-8-18-9-7-15(14)13(16)4;1-4(2,3)5/h18H,5-10H2,1-4H3;5H,1-3H3. The fourth-order valence-electron chi connectivity index (χ4n) is 3.22. The molecule has 0 amide bonds. The summed E-state index contributed by atoms with van der Waals surface area (Å²) in [5, 5.41) is 12.0. The number of nitrogens with one attached hydrogen (secondary N) is 1. The lowest BCUT2D eigenvalue weighted by Gasteiger charge is -2.20. The second kappa shape index (κ2) is 9.35. The molecule has 1 aliphatic heterocycles. The predicted molar refractivity (Wildman–Crippen MR) is 103 cm³/mol. The first-order valence-electron chi connectivity index (χ1n) is 9.25. The van der Waals surface area contributed by atoms with Crippen LogP contribution in [0, 0.1) is 20.8 Å². The molecule has 0 radical (unpaired) electrons. The first-order chi connectivity index (χ1) is 11.6. The second-order valence-corrected chi connectivity index (χ2v) is 7.71. The minimum Gasteiger partial charge on any atom is -0.466 e. The number of carbonyl (C=O) groups excluding carboxylic acids is 1. The van der Waals surface area contributed by atoms with Gasteiger partial charge in [0.25, 0.3) is 0 Å². The van der Waals surface area contributed by atoms with E-state index in [1.807, 2.05) is 6.92 Å².